The molecule has 0 aliphatic heterocycles. The van der Waals surface area contributed by atoms with Gasteiger partial charge < -0.3 is 15.5 Å². The van der Waals surface area contributed by atoms with Crippen LogP contribution in [0.15, 0.2) is 72.0 Å². The summed E-state index contributed by atoms with van der Waals surface area (Å²) in [6.07, 6.45) is 4.55. The molecule has 7 nitrogen and oxygen atoms in total. The SMILES string of the molecule is CN=C(NCCc1cccc(C(=O)N(C)C)c1)NCc1ccccc1Cn1cccn1.I. The van der Waals surface area contributed by atoms with Crippen molar-refractivity contribution in [3.63, 3.8) is 0 Å². The molecule has 0 atom stereocenters. The fraction of sp³-hybridized carbons (Fsp3) is 0.292. The molecule has 0 bridgehead atoms. The van der Waals surface area contributed by atoms with Gasteiger partial charge in [-0.3, -0.25) is 14.5 Å². The first-order valence-corrected chi connectivity index (χ1v) is 10.4. The molecule has 170 valence electrons. The van der Waals surface area contributed by atoms with Gasteiger partial charge in [0.2, 0.25) is 0 Å². The van der Waals surface area contributed by atoms with Crippen LogP contribution in [0.3, 0.4) is 0 Å². The van der Waals surface area contributed by atoms with Crippen molar-refractivity contribution in [2.45, 2.75) is 19.5 Å². The number of nitrogens with one attached hydrogen (secondary N) is 2. The van der Waals surface area contributed by atoms with E-state index in [2.05, 4.69) is 32.9 Å². The van der Waals surface area contributed by atoms with E-state index in [1.54, 1.807) is 32.2 Å². The molecular weight excluding hydrogens is 515 g/mol. The highest BCUT2D eigenvalue weighted by molar-refractivity contribution is 14.0. The fourth-order valence-electron chi connectivity index (χ4n) is 3.30. The van der Waals surface area contributed by atoms with Gasteiger partial charge in [0.25, 0.3) is 5.91 Å². The molecule has 0 aliphatic rings. The van der Waals surface area contributed by atoms with E-state index in [0.29, 0.717) is 18.7 Å². The molecule has 0 fully saturated rings. The molecule has 0 saturated heterocycles. The summed E-state index contributed by atoms with van der Waals surface area (Å²) in [7, 11) is 5.29. The number of guanidine groups is 1. The van der Waals surface area contributed by atoms with E-state index in [-0.39, 0.29) is 29.9 Å². The normalized spacial score (nSPS) is 10.9. The van der Waals surface area contributed by atoms with Crippen LogP contribution in [0.2, 0.25) is 0 Å². The number of aliphatic imine (C=N–C) groups is 1. The minimum atomic E-state index is 0. The quantitative estimate of drug-likeness (QED) is 0.259. The lowest BCUT2D eigenvalue weighted by Gasteiger charge is -2.15. The highest BCUT2D eigenvalue weighted by Crippen LogP contribution is 2.10. The largest absolute Gasteiger partial charge is 0.356 e. The summed E-state index contributed by atoms with van der Waals surface area (Å²) >= 11 is 0. The van der Waals surface area contributed by atoms with E-state index in [0.717, 1.165) is 24.5 Å². The zero-order valence-corrected chi connectivity index (χ0v) is 21.1. The van der Waals surface area contributed by atoms with E-state index in [1.165, 1.54) is 11.1 Å². The van der Waals surface area contributed by atoms with Gasteiger partial charge in [0.05, 0.1) is 6.54 Å². The summed E-state index contributed by atoms with van der Waals surface area (Å²) in [5.74, 6) is 0.760. The summed E-state index contributed by atoms with van der Waals surface area (Å²) in [5, 5.41) is 11.0. The Morgan fingerprint density at radius 1 is 1.06 bits per heavy atom. The Hall–Kier alpha value is -2.88. The third kappa shape index (κ3) is 7.37. The highest BCUT2D eigenvalue weighted by atomic mass is 127. The number of carbonyl (C=O) groups is 1. The van der Waals surface area contributed by atoms with Gasteiger partial charge in [-0.15, -0.1) is 24.0 Å². The molecule has 1 aromatic heterocycles. The van der Waals surface area contributed by atoms with E-state index in [1.807, 2.05) is 53.3 Å². The second-order valence-electron chi connectivity index (χ2n) is 7.47. The predicted octanol–water partition coefficient (Wildman–Crippen LogP) is 3.16. The molecule has 0 unspecified atom stereocenters. The molecule has 3 rings (SSSR count). The van der Waals surface area contributed by atoms with Crippen molar-refractivity contribution in [1.82, 2.24) is 25.3 Å². The zero-order chi connectivity index (χ0) is 22.1. The first-order chi connectivity index (χ1) is 15.1. The number of hydrogen-bond donors (Lipinski definition) is 2. The van der Waals surface area contributed by atoms with Crippen LogP contribution < -0.4 is 10.6 Å². The van der Waals surface area contributed by atoms with Gasteiger partial charge in [0.1, 0.15) is 0 Å². The van der Waals surface area contributed by atoms with Gasteiger partial charge in [-0.25, -0.2) is 0 Å². The van der Waals surface area contributed by atoms with Crippen molar-refractivity contribution in [2.24, 2.45) is 4.99 Å². The van der Waals surface area contributed by atoms with E-state index < -0.39 is 0 Å². The maximum absolute atomic E-state index is 12.1. The molecular formula is C24H31IN6O. The number of nitrogens with zero attached hydrogens (tertiary/aromatic N) is 4. The van der Waals surface area contributed by atoms with Crippen LogP contribution in [-0.4, -0.2) is 54.2 Å². The van der Waals surface area contributed by atoms with E-state index in [4.69, 9.17) is 0 Å². The Labute approximate surface area is 206 Å². The van der Waals surface area contributed by atoms with Gasteiger partial charge in [-0.2, -0.15) is 5.10 Å². The lowest BCUT2D eigenvalue weighted by atomic mass is 10.1. The number of aromatic nitrogens is 2. The summed E-state index contributed by atoms with van der Waals surface area (Å²) in [6.45, 7) is 2.12. The van der Waals surface area contributed by atoms with Crippen LogP contribution in [0.5, 0.6) is 0 Å². The van der Waals surface area contributed by atoms with Crippen molar-refractivity contribution >= 4 is 35.8 Å². The third-order valence-electron chi connectivity index (χ3n) is 4.97. The lowest BCUT2D eigenvalue weighted by Crippen LogP contribution is -2.38. The summed E-state index contributed by atoms with van der Waals surface area (Å²) < 4.78 is 1.92. The molecule has 3 aromatic rings. The van der Waals surface area contributed by atoms with Crippen molar-refractivity contribution in [2.75, 3.05) is 27.7 Å². The molecule has 8 heteroatoms. The maximum atomic E-state index is 12.1. The maximum Gasteiger partial charge on any atom is 0.253 e. The molecule has 0 saturated carbocycles. The molecule has 0 radical (unpaired) electrons. The smallest absolute Gasteiger partial charge is 0.253 e. The number of carbonyl (C=O) groups excluding carboxylic acids is 1. The number of benzene rings is 2. The second-order valence-corrected chi connectivity index (χ2v) is 7.47. The van der Waals surface area contributed by atoms with Gasteiger partial charge >= 0.3 is 0 Å². The van der Waals surface area contributed by atoms with Crippen LogP contribution in [0.4, 0.5) is 0 Å². The monoisotopic (exact) mass is 546 g/mol. The van der Waals surface area contributed by atoms with Gasteiger partial charge in [0, 0.05) is 52.2 Å². The van der Waals surface area contributed by atoms with Gasteiger partial charge in [-0.05, 0) is 41.3 Å². The molecule has 1 amide bonds. The van der Waals surface area contributed by atoms with Gasteiger partial charge in [0.15, 0.2) is 5.96 Å². The third-order valence-corrected chi connectivity index (χ3v) is 4.97. The summed E-state index contributed by atoms with van der Waals surface area (Å²) in [4.78, 5) is 18.1. The van der Waals surface area contributed by atoms with Crippen molar-refractivity contribution in [3.05, 3.63) is 89.2 Å². The average Bonchev–Trinajstić information content (AvgIpc) is 3.29. The molecule has 2 aromatic carbocycles. The van der Waals surface area contributed by atoms with Crippen LogP contribution in [0, 0.1) is 0 Å². The fourth-order valence-corrected chi connectivity index (χ4v) is 3.30. The summed E-state index contributed by atoms with van der Waals surface area (Å²) in [5.41, 5.74) is 4.24. The first-order valence-electron chi connectivity index (χ1n) is 10.4. The standard InChI is InChI=1S/C24H30N6O.HI/c1-25-24(26-14-12-19-8-6-11-20(16-19)23(31)29(2)3)27-17-21-9-4-5-10-22(21)18-30-15-7-13-28-30;/h4-11,13,15-16H,12,14,17-18H2,1-3H3,(H2,25,26,27);1H. The number of amides is 1. The van der Waals surface area contributed by atoms with Crippen LogP contribution in [-0.2, 0) is 19.5 Å². The second kappa shape index (κ2) is 12.8. The van der Waals surface area contributed by atoms with E-state index >= 15 is 0 Å². The van der Waals surface area contributed by atoms with Crippen LogP contribution >= 0.6 is 24.0 Å². The van der Waals surface area contributed by atoms with Crippen molar-refractivity contribution < 1.29 is 4.79 Å². The Morgan fingerprint density at radius 2 is 1.84 bits per heavy atom. The Kier molecular flexibility index (Phi) is 10.2. The molecule has 2 N–H and O–H groups in total. The molecule has 0 spiro atoms. The number of halogens is 1. The average molecular weight is 546 g/mol. The van der Waals surface area contributed by atoms with Crippen molar-refractivity contribution in [3.8, 4) is 0 Å². The molecule has 32 heavy (non-hydrogen) atoms. The van der Waals surface area contributed by atoms with Crippen molar-refractivity contribution in [1.29, 1.82) is 0 Å². The Morgan fingerprint density at radius 3 is 2.53 bits per heavy atom. The zero-order valence-electron chi connectivity index (χ0n) is 18.8. The lowest BCUT2D eigenvalue weighted by molar-refractivity contribution is 0.0827. The summed E-state index contributed by atoms with van der Waals surface area (Å²) in [6, 6.07) is 18.0. The minimum absolute atomic E-state index is 0. The first kappa shape index (κ1) is 25.4. The highest BCUT2D eigenvalue weighted by Gasteiger charge is 2.08. The topological polar surface area (TPSA) is 74.6 Å². The Bertz CT molecular complexity index is 1020. The number of hydrogen-bond acceptors (Lipinski definition) is 3. The molecule has 0 aliphatic carbocycles. The minimum Gasteiger partial charge on any atom is -0.356 e. The van der Waals surface area contributed by atoms with Crippen LogP contribution in [0.1, 0.15) is 27.0 Å². The predicted molar refractivity (Wildman–Crippen MR) is 140 cm³/mol. The number of rotatable bonds is 8. The van der Waals surface area contributed by atoms with Crippen LogP contribution in [0.25, 0.3) is 0 Å². The van der Waals surface area contributed by atoms with E-state index in [9.17, 15) is 4.79 Å². The molecule has 1 heterocycles. The Balaban J connectivity index is 0.00000363. The van der Waals surface area contributed by atoms with Gasteiger partial charge in [-0.1, -0.05) is 36.4 Å².